The zero-order valence-electron chi connectivity index (χ0n) is 13.7. The Morgan fingerprint density at radius 1 is 1.17 bits per heavy atom. The van der Waals surface area contributed by atoms with Crippen molar-refractivity contribution in [3.63, 3.8) is 0 Å². The minimum Gasteiger partial charge on any atom is -0.395 e. The smallest absolute Gasteiger partial charge is 0.0737 e. The lowest BCUT2D eigenvalue weighted by atomic mass is 10.1. The average molecular weight is 336 g/mol. The van der Waals surface area contributed by atoms with Crippen molar-refractivity contribution < 1.29 is 5.11 Å². The molecule has 0 fully saturated rings. The van der Waals surface area contributed by atoms with Gasteiger partial charge in [0, 0.05) is 34.9 Å². The van der Waals surface area contributed by atoms with Crippen LogP contribution in [0.25, 0.3) is 10.9 Å². The molecule has 2 rings (SSSR count). The fourth-order valence-corrected chi connectivity index (χ4v) is 2.83. The van der Waals surface area contributed by atoms with Gasteiger partial charge in [0.25, 0.3) is 0 Å². The van der Waals surface area contributed by atoms with Crippen molar-refractivity contribution in [1.29, 1.82) is 0 Å². The lowest BCUT2D eigenvalue weighted by Gasteiger charge is -2.16. The molecule has 0 radical (unpaired) electrons. The highest BCUT2D eigenvalue weighted by molar-refractivity contribution is 6.31. The molecule has 0 aliphatic rings. The van der Waals surface area contributed by atoms with Crippen LogP contribution in [0.5, 0.6) is 0 Å². The third kappa shape index (κ3) is 5.98. The van der Waals surface area contributed by atoms with E-state index in [0.29, 0.717) is 17.6 Å². The maximum Gasteiger partial charge on any atom is 0.0737 e. The minimum atomic E-state index is 0.214. The van der Waals surface area contributed by atoms with Crippen LogP contribution in [-0.2, 0) is 0 Å². The van der Waals surface area contributed by atoms with E-state index in [1.165, 1.54) is 12.8 Å². The first kappa shape index (κ1) is 18.0. The summed E-state index contributed by atoms with van der Waals surface area (Å²) in [6.07, 6.45) is 6.52. The molecule has 1 heterocycles. The molecule has 1 unspecified atom stereocenters. The number of rotatable bonds is 10. The van der Waals surface area contributed by atoms with Crippen molar-refractivity contribution in [2.24, 2.45) is 0 Å². The highest BCUT2D eigenvalue weighted by Crippen LogP contribution is 2.25. The van der Waals surface area contributed by atoms with Crippen LogP contribution in [0.4, 0.5) is 5.69 Å². The number of pyridine rings is 1. The first-order chi connectivity index (χ1) is 11.2. The van der Waals surface area contributed by atoms with Gasteiger partial charge in [0.15, 0.2) is 0 Å². The van der Waals surface area contributed by atoms with E-state index in [-0.39, 0.29) is 6.61 Å². The summed E-state index contributed by atoms with van der Waals surface area (Å²) in [6, 6.07) is 8.26. The highest BCUT2D eigenvalue weighted by Gasteiger charge is 2.06. The second-order valence-electron chi connectivity index (χ2n) is 5.89. The molecule has 126 valence electrons. The number of anilines is 1. The molecule has 0 saturated carbocycles. The summed E-state index contributed by atoms with van der Waals surface area (Å²) in [5, 5.41) is 17.3. The summed E-state index contributed by atoms with van der Waals surface area (Å²) < 4.78 is 0. The number of unbranched alkanes of at least 4 members (excludes halogenated alkanes) is 2. The van der Waals surface area contributed by atoms with E-state index in [1.54, 1.807) is 0 Å². The van der Waals surface area contributed by atoms with Crippen molar-refractivity contribution in [3.8, 4) is 0 Å². The molecular weight excluding hydrogens is 310 g/mol. The Balaban J connectivity index is 1.78. The van der Waals surface area contributed by atoms with Crippen LogP contribution < -0.4 is 10.6 Å². The standard InChI is InChI=1S/C18H26ClN3O/c1-14(5-3-2-4-9-20-11-12-23)22-17-8-10-21-18-13-15(19)6-7-16(17)18/h6-8,10,13-14,20,23H,2-5,9,11-12H2,1H3,(H,21,22). The molecule has 0 aliphatic heterocycles. The number of hydrogen-bond donors (Lipinski definition) is 3. The number of fused-ring (bicyclic) bond motifs is 1. The lowest BCUT2D eigenvalue weighted by molar-refractivity contribution is 0.292. The highest BCUT2D eigenvalue weighted by atomic mass is 35.5. The molecule has 23 heavy (non-hydrogen) atoms. The summed E-state index contributed by atoms with van der Waals surface area (Å²) in [5.41, 5.74) is 2.04. The van der Waals surface area contributed by atoms with Crippen LogP contribution in [0, 0.1) is 0 Å². The molecule has 1 aromatic carbocycles. The maximum atomic E-state index is 8.69. The van der Waals surface area contributed by atoms with Crippen molar-refractivity contribution in [1.82, 2.24) is 10.3 Å². The van der Waals surface area contributed by atoms with Gasteiger partial charge in [-0.3, -0.25) is 4.98 Å². The Hall–Kier alpha value is -1.36. The fraction of sp³-hybridized carbons (Fsp3) is 0.500. The molecule has 1 atom stereocenters. The van der Waals surface area contributed by atoms with Gasteiger partial charge in [-0.25, -0.2) is 0 Å². The molecule has 5 heteroatoms. The Bertz CT molecular complexity index is 606. The molecule has 0 spiro atoms. The topological polar surface area (TPSA) is 57.2 Å². The normalized spacial score (nSPS) is 12.5. The van der Waals surface area contributed by atoms with E-state index in [9.17, 15) is 0 Å². The van der Waals surface area contributed by atoms with Crippen LogP contribution in [0.3, 0.4) is 0 Å². The Kier molecular flexibility index (Phi) is 7.59. The van der Waals surface area contributed by atoms with Crippen LogP contribution >= 0.6 is 11.6 Å². The van der Waals surface area contributed by atoms with E-state index in [4.69, 9.17) is 16.7 Å². The molecular formula is C18H26ClN3O. The largest absolute Gasteiger partial charge is 0.395 e. The molecule has 2 aromatic rings. The Morgan fingerprint density at radius 3 is 2.87 bits per heavy atom. The first-order valence-corrected chi connectivity index (χ1v) is 8.71. The quantitative estimate of drug-likeness (QED) is 0.577. The zero-order chi connectivity index (χ0) is 16.5. The molecule has 0 bridgehead atoms. The number of halogens is 1. The van der Waals surface area contributed by atoms with Crippen molar-refractivity contribution in [2.75, 3.05) is 25.0 Å². The van der Waals surface area contributed by atoms with Crippen molar-refractivity contribution in [2.45, 2.75) is 38.6 Å². The van der Waals surface area contributed by atoms with Gasteiger partial charge < -0.3 is 15.7 Å². The van der Waals surface area contributed by atoms with Gasteiger partial charge in [-0.05, 0) is 50.6 Å². The third-order valence-electron chi connectivity index (χ3n) is 3.89. The summed E-state index contributed by atoms with van der Waals surface area (Å²) in [4.78, 5) is 4.37. The van der Waals surface area contributed by atoms with E-state index in [2.05, 4.69) is 22.5 Å². The second-order valence-corrected chi connectivity index (χ2v) is 6.32. The van der Waals surface area contributed by atoms with Crippen LogP contribution in [0.15, 0.2) is 30.5 Å². The Morgan fingerprint density at radius 2 is 2.04 bits per heavy atom. The summed E-state index contributed by atoms with van der Waals surface area (Å²) in [7, 11) is 0. The second kappa shape index (κ2) is 9.71. The van der Waals surface area contributed by atoms with E-state index in [0.717, 1.165) is 36.0 Å². The number of hydrogen-bond acceptors (Lipinski definition) is 4. The van der Waals surface area contributed by atoms with Gasteiger partial charge in [0.2, 0.25) is 0 Å². The van der Waals surface area contributed by atoms with Gasteiger partial charge in [-0.1, -0.05) is 24.4 Å². The molecule has 3 N–H and O–H groups in total. The molecule has 0 saturated heterocycles. The molecule has 4 nitrogen and oxygen atoms in total. The molecule has 0 aliphatic carbocycles. The predicted octanol–water partition coefficient (Wildman–Crippen LogP) is 3.83. The zero-order valence-corrected chi connectivity index (χ0v) is 14.4. The van der Waals surface area contributed by atoms with E-state index in [1.807, 2.05) is 30.5 Å². The molecule has 0 amide bonds. The maximum absolute atomic E-state index is 8.69. The first-order valence-electron chi connectivity index (χ1n) is 8.33. The van der Waals surface area contributed by atoms with Crippen LogP contribution in [-0.4, -0.2) is 35.8 Å². The Labute approximate surface area is 143 Å². The number of benzene rings is 1. The third-order valence-corrected chi connectivity index (χ3v) is 4.12. The number of aliphatic hydroxyl groups excluding tert-OH is 1. The number of aromatic nitrogens is 1. The fourth-order valence-electron chi connectivity index (χ4n) is 2.67. The van der Waals surface area contributed by atoms with Gasteiger partial charge in [-0.15, -0.1) is 0 Å². The lowest BCUT2D eigenvalue weighted by Crippen LogP contribution is -2.19. The van der Waals surface area contributed by atoms with Crippen LogP contribution in [0.1, 0.15) is 32.6 Å². The monoisotopic (exact) mass is 335 g/mol. The van der Waals surface area contributed by atoms with Crippen molar-refractivity contribution >= 4 is 28.2 Å². The number of nitrogens with zero attached hydrogens (tertiary/aromatic N) is 1. The number of nitrogens with one attached hydrogen (secondary N) is 2. The van der Waals surface area contributed by atoms with E-state index >= 15 is 0 Å². The number of aliphatic hydroxyl groups is 1. The summed E-state index contributed by atoms with van der Waals surface area (Å²) in [5.74, 6) is 0. The average Bonchev–Trinajstić information content (AvgIpc) is 2.54. The molecule has 1 aromatic heterocycles. The van der Waals surface area contributed by atoms with Gasteiger partial charge in [0.05, 0.1) is 12.1 Å². The summed E-state index contributed by atoms with van der Waals surface area (Å²) >= 11 is 6.03. The van der Waals surface area contributed by atoms with E-state index < -0.39 is 0 Å². The SMILES string of the molecule is CC(CCCCCNCCO)Nc1ccnc2cc(Cl)ccc12. The van der Waals surface area contributed by atoms with Gasteiger partial charge in [-0.2, -0.15) is 0 Å². The minimum absolute atomic E-state index is 0.214. The van der Waals surface area contributed by atoms with Crippen LogP contribution in [0.2, 0.25) is 5.02 Å². The summed E-state index contributed by atoms with van der Waals surface area (Å²) in [6.45, 7) is 4.10. The van der Waals surface area contributed by atoms with Gasteiger partial charge in [0.1, 0.15) is 0 Å². The predicted molar refractivity (Wildman–Crippen MR) is 98.3 cm³/mol. The van der Waals surface area contributed by atoms with Gasteiger partial charge >= 0.3 is 0 Å². The van der Waals surface area contributed by atoms with Crippen molar-refractivity contribution in [3.05, 3.63) is 35.5 Å².